The van der Waals surface area contributed by atoms with Crippen LogP contribution in [0.2, 0.25) is 0 Å². The minimum atomic E-state index is -2.69. The van der Waals surface area contributed by atoms with Crippen LogP contribution in [0.15, 0.2) is 53.1 Å². The lowest BCUT2D eigenvalue weighted by molar-refractivity contribution is 0.577. The van der Waals surface area contributed by atoms with Crippen LogP contribution >= 0.6 is 15.9 Å². The molecule has 186 valence electrons. The second-order valence-corrected chi connectivity index (χ2v) is 10.5. The summed E-state index contributed by atoms with van der Waals surface area (Å²) in [4.78, 5) is 11.4. The zero-order chi connectivity index (χ0) is 24.6. The molecule has 2 fully saturated rings. The van der Waals surface area contributed by atoms with E-state index in [4.69, 9.17) is 0 Å². The predicted molar refractivity (Wildman–Crippen MR) is 144 cm³/mol. The van der Waals surface area contributed by atoms with Gasteiger partial charge in [-0.25, -0.2) is 18.1 Å². The molecule has 0 spiro atoms. The van der Waals surface area contributed by atoms with Gasteiger partial charge in [0, 0.05) is 54.7 Å². The van der Waals surface area contributed by atoms with Crippen LogP contribution in [0.3, 0.4) is 0 Å². The minimum absolute atomic E-state index is 0.178. The molecule has 2 bridgehead atoms. The molecule has 2 aromatic carbocycles. The van der Waals surface area contributed by atoms with E-state index in [1.54, 1.807) is 6.20 Å². The molecule has 5 N–H and O–H groups in total. The van der Waals surface area contributed by atoms with Crippen molar-refractivity contribution in [2.24, 2.45) is 0 Å². The highest BCUT2D eigenvalue weighted by Gasteiger charge is 2.39. The SMILES string of the molecule is O=[SH](=O)NCc1ccccc1Nc1nc(Nc2ccc3c(N4CC5CC4CN5)n[nH]c3c2)ncc1Br. The monoisotopic (exact) mass is 569 g/mol. The summed E-state index contributed by atoms with van der Waals surface area (Å²) in [7, 11) is -2.69. The zero-order valence-electron chi connectivity index (χ0n) is 19.0. The van der Waals surface area contributed by atoms with Crippen molar-refractivity contribution in [3.05, 3.63) is 58.7 Å². The molecule has 0 amide bonds. The highest BCUT2D eigenvalue weighted by molar-refractivity contribution is 9.10. The first-order valence-electron chi connectivity index (χ1n) is 11.5. The number of aromatic amines is 1. The third-order valence-corrected chi connectivity index (χ3v) is 7.54. The molecule has 2 aliphatic heterocycles. The normalized spacial score (nSPS) is 18.9. The van der Waals surface area contributed by atoms with E-state index in [1.807, 2.05) is 36.4 Å². The van der Waals surface area contributed by atoms with Gasteiger partial charge in [0.15, 0.2) is 5.82 Å². The van der Waals surface area contributed by atoms with Crippen molar-refractivity contribution in [3.63, 3.8) is 0 Å². The Hall–Kier alpha value is -3.26. The third kappa shape index (κ3) is 4.62. The summed E-state index contributed by atoms with van der Waals surface area (Å²) >= 11 is 3.49. The molecule has 4 aromatic rings. The molecule has 2 aliphatic rings. The molecule has 2 atom stereocenters. The molecular formula is C23H24BrN9O2S. The number of anilines is 5. The van der Waals surface area contributed by atoms with E-state index < -0.39 is 10.9 Å². The van der Waals surface area contributed by atoms with Gasteiger partial charge in [0.2, 0.25) is 16.8 Å². The summed E-state index contributed by atoms with van der Waals surface area (Å²) in [5.41, 5.74) is 3.31. The van der Waals surface area contributed by atoms with Gasteiger partial charge in [-0.1, -0.05) is 18.2 Å². The Kier molecular flexibility index (Phi) is 6.21. The highest BCUT2D eigenvalue weighted by atomic mass is 79.9. The fourth-order valence-electron chi connectivity index (χ4n) is 4.84. The number of H-pyrrole nitrogens is 1. The first-order valence-corrected chi connectivity index (χ1v) is 13.5. The summed E-state index contributed by atoms with van der Waals surface area (Å²) in [5, 5.41) is 18.9. The number of nitrogens with zero attached hydrogens (tertiary/aromatic N) is 4. The maximum atomic E-state index is 11.0. The molecule has 2 saturated heterocycles. The second-order valence-electron chi connectivity index (χ2n) is 8.84. The van der Waals surface area contributed by atoms with Crippen molar-refractivity contribution >= 4 is 66.7 Å². The van der Waals surface area contributed by atoms with Gasteiger partial charge in [0.05, 0.1) is 9.99 Å². The maximum Gasteiger partial charge on any atom is 0.229 e. The number of hydrogen-bond acceptors (Lipinski definition) is 9. The van der Waals surface area contributed by atoms with Gasteiger partial charge in [0.1, 0.15) is 5.82 Å². The lowest BCUT2D eigenvalue weighted by atomic mass is 10.2. The molecule has 13 heteroatoms. The number of halogens is 1. The van der Waals surface area contributed by atoms with Crippen LogP contribution in [-0.4, -0.2) is 53.8 Å². The quantitative estimate of drug-likeness (QED) is 0.177. The smallest absolute Gasteiger partial charge is 0.229 e. The molecule has 0 aliphatic carbocycles. The van der Waals surface area contributed by atoms with E-state index >= 15 is 0 Å². The minimum Gasteiger partial charge on any atom is -0.349 e. The van der Waals surface area contributed by atoms with Crippen LogP contribution in [0.4, 0.5) is 29.0 Å². The first kappa shape index (κ1) is 23.2. The molecule has 0 saturated carbocycles. The molecule has 4 heterocycles. The van der Waals surface area contributed by atoms with Gasteiger partial charge < -0.3 is 20.9 Å². The Morgan fingerprint density at radius 3 is 2.86 bits per heavy atom. The largest absolute Gasteiger partial charge is 0.349 e. The second kappa shape index (κ2) is 9.65. The van der Waals surface area contributed by atoms with Gasteiger partial charge in [-0.15, -0.1) is 0 Å². The van der Waals surface area contributed by atoms with Crippen molar-refractivity contribution in [2.75, 3.05) is 28.6 Å². The van der Waals surface area contributed by atoms with Crippen LogP contribution in [0.5, 0.6) is 0 Å². The van der Waals surface area contributed by atoms with Crippen LogP contribution in [0.1, 0.15) is 12.0 Å². The van der Waals surface area contributed by atoms with Gasteiger partial charge in [0.25, 0.3) is 0 Å². The van der Waals surface area contributed by atoms with Crippen LogP contribution in [0.25, 0.3) is 10.9 Å². The van der Waals surface area contributed by atoms with Gasteiger partial charge in [-0.3, -0.25) is 5.10 Å². The number of fused-ring (bicyclic) bond motifs is 3. The topological polar surface area (TPSA) is 140 Å². The highest BCUT2D eigenvalue weighted by Crippen LogP contribution is 2.34. The Morgan fingerprint density at radius 1 is 1.17 bits per heavy atom. The Labute approximate surface area is 217 Å². The van der Waals surface area contributed by atoms with E-state index in [1.165, 1.54) is 6.42 Å². The molecule has 6 rings (SSSR count). The molecule has 0 radical (unpaired) electrons. The number of benzene rings is 2. The zero-order valence-corrected chi connectivity index (χ0v) is 21.5. The van der Waals surface area contributed by atoms with Crippen molar-refractivity contribution < 1.29 is 8.42 Å². The average Bonchev–Trinajstić information content (AvgIpc) is 3.61. The fourth-order valence-corrected chi connectivity index (χ4v) is 5.43. The number of aromatic nitrogens is 4. The number of thiol groups is 1. The lowest BCUT2D eigenvalue weighted by Gasteiger charge is -2.27. The number of nitrogens with one attached hydrogen (secondary N) is 5. The Bertz CT molecular complexity index is 1500. The van der Waals surface area contributed by atoms with Crippen LogP contribution < -0.4 is 25.6 Å². The summed E-state index contributed by atoms with van der Waals surface area (Å²) in [6, 6.07) is 14.6. The van der Waals surface area contributed by atoms with Crippen molar-refractivity contribution in [1.82, 2.24) is 30.2 Å². The van der Waals surface area contributed by atoms with E-state index in [9.17, 15) is 8.42 Å². The summed E-state index contributed by atoms with van der Waals surface area (Å²) in [6.07, 6.45) is 2.83. The number of para-hydroxylation sites is 1. The average molecular weight is 570 g/mol. The lowest BCUT2D eigenvalue weighted by Crippen LogP contribution is -2.43. The van der Waals surface area contributed by atoms with Crippen molar-refractivity contribution in [1.29, 1.82) is 0 Å². The fraction of sp³-hybridized carbons (Fsp3) is 0.261. The van der Waals surface area contributed by atoms with Gasteiger partial charge >= 0.3 is 0 Å². The molecule has 2 aromatic heterocycles. The van der Waals surface area contributed by atoms with Crippen molar-refractivity contribution in [2.45, 2.75) is 25.0 Å². The number of rotatable bonds is 8. The van der Waals surface area contributed by atoms with Crippen LogP contribution in [0, 0.1) is 0 Å². The molecule has 11 nitrogen and oxygen atoms in total. The van der Waals surface area contributed by atoms with Crippen molar-refractivity contribution in [3.8, 4) is 0 Å². The molecular weight excluding hydrogens is 546 g/mol. The predicted octanol–water partition coefficient (Wildman–Crippen LogP) is 2.77. The van der Waals surface area contributed by atoms with Gasteiger partial charge in [-0.2, -0.15) is 10.1 Å². The van der Waals surface area contributed by atoms with E-state index in [0.29, 0.717) is 28.3 Å². The van der Waals surface area contributed by atoms with E-state index in [2.05, 4.69) is 67.7 Å². The summed E-state index contributed by atoms with van der Waals surface area (Å²) < 4.78 is 25.0. The van der Waals surface area contributed by atoms with E-state index in [0.717, 1.165) is 46.7 Å². The summed E-state index contributed by atoms with van der Waals surface area (Å²) in [5.74, 6) is 1.97. The maximum absolute atomic E-state index is 11.0. The number of hydrogen-bond donors (Lipinski definition) is 6. The first-order chi connectivity index (χ1) is 17.5. The third-order valence-electron chi connectivity index (χ3n) is 6.54. The van der Waals surface area contributed by atoms with Gasteiger partial charge in [-0.05, 0) is 52.2 Å². The molecule has 36 heavy (non-hydrogen) atoms. The van der Waals surface area contributed by atoms with E-state index in [-0.39, 0.29) is 6.54 Å². The van der Waals surface area contributed by atoms with Crippen LogP contribution in [-0.2, 0) is 17.4 Å². The Morgan fingerprint density at radius 2 is 2.06 bits per heavy atom. The number of piperazine rings is 1. The standard InChI is InChI=1S/C23H24BrN9O2S/c24-18-11-26-23(30-21(18)29-19-4-2-1-3-13(19)9-27-36(34)35)28-14-5-6-17-20(8-14)31-32-22(17)33-12-15-7-16(33)10-25-15/h1-6,8,11,15-16,25,36H,7,9-10,12H2,(H,31,32)(H,27,34,35)(H2,26,28,29,30). The molecule has 2 unspecified atom stereocenters. The summed E-state index contributed by atoms with van der Waals surface area (Å²) in [6.45, 7) is 2.17. The Balaban J connectivity index is 1.21.